The first-order valence-electron chi connectivity index (χ1n) is 11.1. The van der Waals surface area contributed by atoms with Crippen molar-refractivity contribution in [2.45, 2.75) is 46.3 Å². The lowest BCUT2D eigenvalue weighted by Gasteiger charge is -2.32. The molecule has 0 radical (unpaired) electrons. The first kappa shape index (κ1) is 22.1. The maximum atomic E-state index is 12.7. The minimum atomic E-state index is -0.869. The Kier molecular flexibility index (Phi) is 6.10. The monoisotopic (exact) mass is 441 g/mol. The zero-order chi connectivity index (χ0) is 23.0. The Morgan fingerprint density at radius 3 is 2.78 bits per heavy atom. The van der Waals surface area contributed by atoms with E-state index in [1.165, 1.54) is 10.1 Å². The van der Waals surface area contributed by atoms with E-state index in [-0.39, 0.29) is 18.7 Å². The number of aryl methyl sites for hydroxylation is 3. The molecule has 0 unspecified atom stereocenters. The number of benzene rings is 1. The number of piperidine rings is 1. The Hall–Kier alpha value is -3.07. The van der Waals surface area contributed by atoms with Gasteiger partial charge in [-0.15, -0.1) is 0 Å². The van der Waals surface area contributed by atoms with Gasteiger partial charge in [0.25, 0.3) is 5.56 Å². The van der Waals surface area contributed by atoms with Crippen LogP contribution in [0.2, 0.25) is 0 Å². The summed E-state index contributed by atoms with van der Waals surface area (Å²) in [5, 5.41) is 10.8. The molecule has 1 aliphatic heterocycles. The zero-order valence-corrected chi connectivity index (χ0v) is 19.1. The van der Waals surface area contributed by atoms with E-state index in [4.69, 9.17) is 4.74 Å². The molecule has 0 bridgehead atoms. The van der Waals surface area contributed by atoms with Crippen LogP contribution >= 0.6 is 0 Å². The van der Waals surface area contributed by atoms with E-state index in [0.29, 0.717) is 23.3 Å². The predicted octanol–water partition coefficient (Wildman–Crippen LogP) is 1.72. The molecular weight excluding hydrogens is 410 g/mol. The molecule has 2 aromatic heterocycles. The van der Waals surface area contributed by atoms with Gasteiger partial charge in [0, 0.05) is 20.1 Å². The molecule has 3 aromatic rings. The van der Waals surface area contributed by atoms with Crippen LogP contribution in [0.1, 0.15) is 30.9 Å². The Balaban J connectivity index is 1.65. The first-order chi connectivity index (χ1) is 15.2. The minimum absolute atomic E-state index is 0.0711. The van der Waals surface area contributed by atoms with Crippen LogP contribution in [-0.2, 0) is 13.6 Å². The van der Waals surface area contributed by atoms with Gasteiger partial charge < -0.3 is 19.3 Å². The van der Waals surface area contributed by atoms with Gasteiger partial charge in [-0.2, -0.15) is 4.98 Å². The summed E-state index contributed by atoms with van der Waals surface area (Å²) < 4.78 is 8.86. The van der Waals surface area contributed by atoms with Gasteiger partial charge in [0.05, 0.1) is 6.54 Å². The van der Waals surface area contributed by atoms with Crippen molar-refractivity contribution in [2.24, 2.45) is 13.0 Å². The Morgan fingerprint density at radius 1 is 1.28 bits per heavy atom. The van der Waals surface area contributed by atoms with E-state index < -0.39 is 17.4 Å². The summed E-state index contributed by atoms with van der Waals surface area (Å²) in [5.41, 5.74) is 1.87. The fourth-order valence-corrected chi connectivity index (χ4v) is 4.27. The number of fused-ring (bicyclic) bond motifs is 1. The van der Waals surface area contributed by atoms with Crippen LogP contribution in [0.15, 0.2) is 27.8 Å². The number of aromatic nitrogens is 4. The molecule has 1 fully saturated rings. The SMILES string of the molecule is Cc1ccc(OC[C@H](O)Cn2c(N3CCC[C@@H](C)C3)nc3c2c(=O)[nH]c(=O)n3C)cc1C. The van der Waals surface area contributed by atoms with E-state index in [1.807, 2.05) is 32.0 Å². The standard InChI is InChI=1S/C23H31N5O4/c1-14-6-5-9-27(11-14)22-24-20-19(21(30)25-23(31)26(20)4)28(22)12-17(29)13-32-18-8-7-15(2)16(3)10-18/h7-8,10,14,17,29H,5-6,9,11-13H2,1-4H3,(H,25,30,31)/t14-,17-/m1/s1. The molecule has 2 N–H and O–H groups in total. The lowest BCUT2D eigenvalue weighted by atomic mass is 10.0. The van der Waals surface area contributed by atoms with Crippen molar-refractivity contribution in [3.05, 3.63) is 50.2 Å². The molecule has 3 heterocycles. The molecule has 1 aliphatic rings. The highest BCUT2D eigenvalue weighted by atomic mass is 16.5. The number of nitrogens with one attached hydrogen (secondary N) is 1. The predicted molar refractivity (Wildman–Crippen MR) is 124 cm³/mol. The molecule has 9 nitrogen and oxygen atoms in total. The molecule has 32 heavy (non-hydrogen) atoms. The average molecular weight is 442 g/mol. The second kappa shape index (κ2) is 8.82. The van der Waals surface area contributed by atoms with Gasteiger partial charge in [-0.1, -0.05) is 13.0 Å². The molecule has 0 saturated carbocycles. The number of aliphatic hydroxyl groups excluding tert-OH is 1. The Morgan fingerprint density at radius 2 is 2.06 bits per heavy atom. The van der Waals surface area contributed by atoms with Gasteiger partial charge in [0.15, 0.2) is 11.2 Å². The number of imidazole rings is 1. The van der Waals surface area contributed by atoms with Crippen LogP contribution in [0.5, 0.6) is 5.75 Å². The molecule has 0 spiro atoms. The third kappa shape index (κ3) is 4.29. The molecule has 2 atom stereocenters. The molecule has 1 aromatic carbocycles. The van der Waals surface area contributed by atoms with Gasteiger partial charge in [-0.25, -0.2) is 4.79 Å². The van der Waals surface area contributed by atoms with Gasteiger partial charge in [0.1, 0.15) is 18.5 Å². The summed E-state index contributed by atoms with van der Waals surface area (Å²) in [6.45, 7) is 8.06. The molecule has 172 valence electrons. The van der Waals surface area contributed by atoms with Crippen LogP contribution in [-0.4, -0.2) is 50.0 Å². The third-order valence-corrected chi connectivity index (χ3v) is 6.24. The highest BCUT2D eigenvalue weighted by Crippen LogP contribution is 2.25. The van der Waals surface area contributed by atoms with Crippen LogP contribution in [0.4, 0.5) is 5.95 Å². The molecule has 1 saturated heterocycles. The lowest BCUT2D eigenvalue weighted by Crippen LogP contribution is -2.37. The van der Waals surface area contributed by atoms with Crippen LogP contribution < -0.4 is 20.9 Å². The van der Waals surface area contributed by atoms with Crippen molar-refractivity contribution in [1.29, 1.82) is 0 Å². The molecule has 0 amide bonds. The van der Waals surface area contributed by atoms with Crippen molar-refractivity contribution in [2.75, 3.05) is 24.6 Å². The number of hydrogen-bond donors (Lipinski definition) is 2. The summed E-state index contributed by atoms with van der Waals surface area (Å²) in [4.78, 5) is 34.0. The summed E-state index contributed by atoms with van der Waals surface area (Å²) in [6, 6.07) is 5.80. The number of hydrogen-bond acceptors (Lipinski definition) is 6. The highest BCUT2D eigenvalue weighted by Gasteiger charge is 2.26. The summed E-state index contributed by atoms with van der Waals surface area (Å²) >= 11 is 0. The maximum absolute atomic E-state index is 12.7. The lowest BCUT2D eigenvalue weighted by molar-refractivity contribution is 0.0935. The Labute approximate surface area is 186 Å². The normalized spacial score (nSPS) is 17.7. The number of H-pyrrole nitrogens is 1. The van der Waals surface area contributed by atoms with Gasteiger partial charge in [-0.05, 0) is 55.9 Å². The summed E-state index contributed by atoms with van der Waals surface area (Å²) in [6.07, 6.45) is 1.30. The third-order valence-electron chi connectivity index (χ3n) is 6.24. The van der Waals surface area contributed by atoms with E-state index >= 15 is 0 Å². The number of anilines is 1. The van der Waals surface area contributed by atoms with E-state index in [9.17, 15) is 14.7 Å². The van der Waals surface area contributed by atoms with Crippen LogP contribution in [0.3, 0.4) is 0 Å². The zero-order valence-electron chi connectivity index (χ0n) is 19.1. The minimum Gasteiger partial charge on any atom is -0.491 e. The van der Waals surface area contributed by atoms with E-state index in [0.717, 1.165) is 31.5 Å². The van der Waals surface area contributed by atoms with Gasteiger partial charge >= 0.3 is 5.69 Å². The molecule has 4 rings (SSSR count). The number of rotatable bonds is 6. The van der Waals surface area contributed by atoms with Crippen molar-refractivity contribution in [3.63, 3.8) is 0 Å². The van der Waals surface area contributed by atoms with Gasteiger partial charge in [0.2, 0.25) is 5.95 Å². The second-order valence-electron chi connectivity index (χ2n) is 8.92. The van der Waals surface area contributed by atoms with Crippen LogP contribution in [0, 0.1) is 19.8 Å². The number of aromatic amines is 1. The average Bonchev–Trinajstić information content (AvgIpc) is 3.13. The number of aliphatic hydroxyl groups is 1. The fourth-order valence-electron chi connectivity index (χ4n) is 4.27. The number of ether oxygens (including phenoxy) is 1. The van der Waals surface area contributed by atoms with E-state index in [2.05, 4.69) is 21.8 Å². The highest BCUT2D eigenvalue weighted by molar-refractivity contribution is 5.74. The molecule has 9 heteroatoms. The van der Waals surface area contributed by atoms with Crippen molar-refractivity contribution in [3.8, 4) is 5.75 Å². The summed E-state index contributed by atoms with van der Waals surface area (Å²) in [7, 11) is 1.58. The smallest absolute Gasteiger partial charge is 0.329 e. The summed E-state index contributed by atoms with van der Waals surface area (Å²) in [5.74, 6) is 1.79. The van der Waals surface area contributed by atoms with Gasteiger partial charge in [-0.3, -0.25) is 14.3 Å². The van der Waals surface area contributed by atoms with Crippen molar-refractivity contribution in [1.82, 2.24) is 19.1 Å². The maximum Gasteiger partial charge on any atom is 0.329 e. The van der Waals surface area contributed by atoms with Crippen molar-refractivity contribution >= 4 is 17.1 Å². The molecule has 0 aliphatic carbocycles. The van der Waals surface area contributed by atoms with Crippen LogP contribution in [0.25, 0.3) is 11.2 Å². The number of nitrogens with zero attached hydrogens (tertiary/aromatic N) is 4. The fraction of sp³-hybridized carbons (Fsp3) is 0.522. The first-order valence-corrected chi connectivity index (χ1v) is 11.1. The second-order valence-corrected chi connectivity index (χ2v) is 8.92. The quantitative estimate of drug-likeness (QED) is 0.603. The largest absolute Gasteiger partial charge is 0.491 e. The van der Waals surface area contributed by atoms with E-state index in [1.54, 1.807) is 11.6 Å². The van der Waals surface area contributed by atoms with Crippen molar-refractivity contribution < 1.29 is 9.84 Å². The molecular formula is C23H31N5O4. The topological polar surface area (TPSA) is 105 Å². The Bertz CT molecular complexity index is 1240.